The van der Waals surface area contributed by atoms with E-state index in [0.717, 1.165) is 29.7 Å². The van der Waals surface area contributed by atoms with Crippen LogP contribution in [0.2, 0.25) is 0 Å². The Morgan fingerprint density at radius 2 is 1.38 bits per heavy atom. The summed E-state index contributed by atoms with van der Waals surface area (Å²) in [6.07, 6.45) is 0.488. The van der Waals surface area contributed by atoms with E-state index >= 15 is 0 Å². The zero-order chi connectivity index (χ0) is 28.2. The van der Waals surface area contributed by atoms with E-state index in [9.17, 15) is 5.11 Å². The highest BCUT2D eigenvalue weighted by Gasteiger charge is 2.50. The highest BCUT2D eigenvalue weighted by molar-refractivity contribution is 9.10. The average molecular weight is 615 g/mol. The van der Waals surface area contributed by atoms with Gasteiger partial charge in [0, 0.05) is 30.0 Å². The van der Waals surface area contributed by atoms with Gasteiger partial charge in [-0.05, 0) is 45.5 Å². The van der Waals surface area contributed by atoms with Crippen LogP contribution >= 0.6 is 15.9 Å². The Labute approximate surface area is 249 Å². The molecule has 3 atom stereocenters. The summed E-state index contributed by atoms with van der Waals surface area (Å²) in [6.45, 7) is 9.23. The van der Waals surface area contributed by atoms with Crippen LogP contribution in [0.4, 0.5) is 0 Å². The van der Waals surface area contributed by atoms with Crippen molar-refractivity contribution in [2.45, 2.75) is 45.4 Å². The van der Waals surface area contributed by atoms with Crippen molar-refractivity contribution in [1.82, 2.24) is 4.90 Å². The van der Waals surface area contributed by atoms with Crippen molar-refractivity contribution in [3.05, 3.63) is 131 Å². The monoisotopic (exact) mass is 613 g/mol. The van der Waals surface area contributed by atoms with Crippen LogP contribution in [0.3, 0.4) is 0 Å². The lowest BCUT2D eigenvalue weighted by Gasteiger charge is -2.51. The second-order valence-electron chi connectivity index (χ2n) is 12.1. The Bertz CT molecular complexity index is 1310. The minimum atomic E-state index is -2.06. The molecule has 4 aromatic rings. The highest BCUT2D eigenvalue weighted by Crippen LogP contribution is 2.45. The van der Waals surface area contributed by atoms with Crippen molar-refractivity contribution in [3.63, 3.8) is 0 Å². The molecule has 4 aromatic carbocycles. The maximum atomic E-state index is 12.7. The van der Waals surface area contributed by atoms with Crippen LogP contribution in [-0.2, 0) is 16.6 Å². The normalized spacial score (nSPS) is 20.9. The second-order valence-corrected chi connectivity index (χ2v) is 15.4. The molecule has 0 aromatic heterocycles. The number of benzene rings is 4. The van der Waals surface area contributed by atoms with Gasteiger partial charge < -0.3 is 9.53 Å². The van der Waals surface area contributed by atoms with Crippen molar-refractivity contribution < 1.29 is 9.53 Å². The van der Waals surface area contributed by atoms with Gasteiger partial charge in [0.15, 0.2) is 0 Å². The molecule has 1 aliphatic rings. The third-order valence-corrected chi connectivity index (χ3v) is 11.3. The SMILES string of the molecule is CC(C)(C)C(O[SiH](c1ccccc1)c1ccccc1)C1CN(Cc2ccccc2)CCC1(O)c1ccc(Br)cc1. The first-order chi connectivity index (χ1) is 19.2. The third kappa shape index (κ3) is 6.67. The number of rotatable bonds is 8. The van der Waals surface area contributed by atoms with Crippen LogP contribution in [0.25, 0.3) is 0 Å². The van der Waals surface area contributed by atoms with E-state index in [4.69, 9.17) is 4.43 Å². The molecule has 1 fully saturated rings. The van der Waals surface area contributed by atoms with Crippen LogP contribution in [0.15, 0.2) is 120 Å². The molecule has 1 N–H and O–H groups in total. The highest BCUT2D eigenvalue weighted by atomic mass is 79.9. The molecule has 40 heavy (non-hydrogen) atoms. The van der Waals surface area contributed by atoms with Gasteiger partial charge in [-0.3, -0.25) is 4.90 Å². The van der Waals surface area contributed by atoms with E-state index < -0.39 is 14.6 Å². The first-order valence-corrected chi connectivity index (χ1v) is 16.7. The summed E-state index contributed by atoms with van der Waals surface area (Å²) in [7, 11) is -2.06. The van der Waals surface area contributed by atoms with E-state index in [1.165, 1.54) is 15.9 Å². The zero-order valence-electron chi connectivity index (χ0n) is 23.7. The standard InChI is InChI=1S/C35H40BrNO2Si/c1-34(2,3)33(39-40(30-15-9-5-10-16-30)31-17-11-6-12-18-31)32-26-37(25-27-13-7-4-8-14-27)24-23-35(32,38)28-19-21-29(36)22-20-28/h4-22,32-33,38,40H,23-26H2,1-3H3. The number of aliphatic hydroxyl groups is 1. The number of hydrogen-bond acceptors (Lipinski definition) is 3. The smallest absolute Gasteiger partial charge is 0.240 e. The Balaban J connectivity index is 1.56. The molecule has 1 aliphatic heterocycles. The molecule has 3 unspecified atom stereocenters. The zero-order valence-corrected chi connectivity index (χ0v) is 26.5. The quantitative estimate of drug-likeness (QED) is 0.243. The summed E-state index contributed by atoms with van der Waals surface area (Å²) in [5.41, 5.74) is 1.07. The number of halogens is 1. The fraction of sp³-hybridized carbons (Fsp3) is 0.314. The van der Waals surface area contributed by atoms with Crippen LogP contribution in [0, 0.1) is 11.3 Å². The van der Waals surface area contributed by atoms with Crippen LogP contribution in [0.5, 0.6) is 0 Å². The maximum absolute atomic E-state index is 12.7. The van der Waals surface area contributed by atoms with Gasteiger partial charge in [0.05, 0.1) is 11.7 Å². The molecule has 0 aliphatic carbocycles. The summed E-state index contributed by atoms with van der Waals surface area (Å²) in [5, 5.41) is 15.2. The Hall–Kier alpha value is -2.54. The number of piperidine rings is 1. The van der Waals surface area contributed by atoms with E-state index in [0.29, 0.717) is 6.42 Å². The Kier molecular flexibility index (Phi) is 9.08. The van der Waals surface area contributed by atoms with E-state index in [1.54, 1.807) is 0 Å². The largest absolute Gasteiger partial charge is 0.407 e. The Morgan fingerprint density at radius 1 is 0.850 bits per heavy atom. The molecule has 208 valence electrons. The van der Waals surface area contributed by atoms with Gasteiger partial charge in [0.25, 0.3) is 0 Å². The Morgan fingerprint density at radius 3 is 1.90 bits per heavy atom. The molecule has 0 bridgehead atoms. The van der Waals surface area contributed by atoms with Gasteiger partial charge in [-0.15, -0.1) is 0 Å². The lowest BCUT2D eigenvalue weighted by Crippen LogP contribution is -2.60. The molecule has 5 heteroatoms. The van der Waals surface area contributed by atoms with E-state index in [2.05, 4.69) is 145 Å². The van der Waals surface area contributed by atoms with Crippen molar-refractivity contribution in [2.24, 2.45) is 11.3 Å². The molecule has 1 saturated heterocycles. The minimum absolute atomic E-state index is 0.117. The molecule has 1 heterocycles. The van der Waals surface area contributed by atoms with Gasteiger partial charge in [-0.1, -0.05) is 140 Å². The minimum Gasteiger partial charge on any atom is -0.407 e. The predicted octanol–water partition coefficient (Wildman–Crippen LogP) is 6.13. The van der Waals surface area contributed by atoms with E-state index in [-0.39, 0.29) is 17.4 Å². The van der Waals surface area contributed by atoms with Gasteiger partial charge in [0.2, 0.25) is 9.04 Å². The average Bonchev–Trinajstić information content (AvgIpc) is 2.96. The molecule has 3 nitrogen and oxygen atoms in total. The van der Waals surface area contributed by atoms with Gasteiger partial charge in [0.1, 0.15) is 0 Å². The summed E-state index contributed by atoms with van der Waals surface area (Å²) in [4.78, 5) is 2.50. The van der Waals surface area contributed by atoms with Gasteiger partial charge in [-0.2, -0.15) is 0 Å². The fourth-order valence-electron chi connectivity index (χ4n) is 6.12. The number of nitrogens with zero attached hydrogens (tertiary/aromatic N) is 1. The molecular weight excluding hydrogens is 574 g/mol. The van der Waals surface area contributed by atoms with Gasteiger partial charge >= 0.3 is 0 Å². The van der Waals surface area contributed by atoms with Crippen LogP contribution in [0.1, 0.15) is 38.3 Å². The van der Waals surface area contributed by atoms with Crippen LogP contribution < -0.4 is 10.4 Å². The third-order valence-electron chi connectivity index (χ3n) is 8.18. The molecule has 0 spiro atoms. The maximum Gasteiger partial charge on any atom is 0.240 e. The first kappa shape index (κ1) is 29.0. The van der Waals surface area contributed by atoms with Crippen molar-refractivity contribution in [3.8, 4) is 0 Å². The molecule has 0 radical (unpaired) electrons. The first-order valence-electron chi connectivity index (χ1n) is 14.2. The molecule has 5 rings (SSSR count). The lowest BCUT2D eigenvalue weighted by atomic mass is 9.67. The number of hydrogen-bond donors (Lipinski definition) is 1. The summed E-state index contributed by atoms with van der Waals surface area (Å²) in [5.74, 6) is -0.117. The summed E-state index contributed by atoms with van der Waals surface area (Å²) >= 11 is 3.59. The molecule has 0 saturated carbocycles. The second kappa shape index (κ2) is 12.5. The molecule has 0 amide bonds. The molecular formula is C35H40BrNO2Si. The summed E-state index contributed by atoms with van der Waals surface area (Å²) in [6, 6.07) is 40.2. The fourth-order valence-corrected chi connectivity index (χ4v) is 9.12. The topological polar surface area (TPSA) is 32.7 Å². The van der Waals surface area contributed by atoms with Gasteiger partial charge in [-0.25, -0.2) is 0 Å². The van der Waals surface area contributed by atoms with Crippen molar-refractivity contribution in [2.75, 3.05) is 13.1 Å². The lowest BCUT2D eigenvalue weighted by molar-refractivity contribution is -0.138. The van der Waals surface area contributed by atoms with E-state index in [1.807, 2.05) is 12.1 Å². The predicted molar refractivity (Wildman–Crippen MR) is 171 cm³/mol. The summed E-state index contributed by atoms with van der Waals surface area (Å²) < 4.78 is 8.42. The number of likely N-dealkylation sites (tertiary alicyclic amines) is 1. The van der Waals surface area contributed by atoms with Crippen LogP contribution in [-0.4, -0.2) is 38.2 Å². The van der Waals surface area contributed by atoms with Crippen molar-refractivity contribution in [1.29, 1.82) is 0 Å². The van der Waals surface area contributed by atoms with Crippen molar-refractivity contribution >= 4 is 35.3 Å².